The number of benzene rings is 3. The van der Waals surface area contributed by atoms with Crippen molar-refractivity contribution in [3.8, 4) is 0 Å². The molecule has 0 amide bonds. The van der Waals surface area contributed by atoms with Crippen LogP contribution in [0.15, 0.2) is 82.2 Å². The van der Waals surface area contributed by atoms with Crippen LogP contribution in [0.1, 0.15) is 0 Å². The van der Waals surface area contributed by atoms with E-state index in [9.17, 15) is 18.6 Å². The van der Waals surface area contributed by atoms with Crippen molar-refractivity contribution in [2.24, 2.45) is 0 Å². The molecule has 0 radical (unpaired) electrons. The Morgan fingerprint density at radius 3 is 2.00 bits per heavy atom. The first kappa shape index (κ1) is 22.0. The summed E-state index contributed by atoms with van der Waals surface area (Å²) in [6.07, 6.45) is -0.962. The Balaban J connectivity index is 1.63. The van der Waals surface area contributed by atoms with E-state index in [1.807, 2.05) is 53.1 Å². The van der Waals surface area contributed by atoms with Crippen molar-refractivity contribution in [3.05, 3.63) is 77.3 Å². The highest BCUT2D eigenvalue weighted by molar-refractivity contribution is 9.10. The molecule has 1 aromatic heterocycles. The molecule has 8 heteroatoms. The quantitative estimate of drug-likeness (QED) is 0.385. The number of rotatable bonds is 8. The lowest BCUT2D eigenvalue weighted by Crippen LogP contribution is -2.40. The summed E-state index contributed by atoms with van der Waals surface area (Å²) in [7, 11) is -3.86. The third kappa shape index (κ3) is 4.40. The number of sulfonamides is 1. The van der Waals surface area contributed by atoms with E-state index in [4.69, 9.17) is 0 Å². The van der Waals surface area contributed by atoms with E-state index in [1.165, 1.54) is 12.1 Å². The molecular weight excluding hydrogens is 480 g/mol. The predicted molar refractivity (Wildman–Crippen MR) is 125 cm³/mol. The van der Waals surface area contributed by atoms with Crippen LogP contribution in [0, 0.1) is 0 Å². The molecule has 4 aromatic rings. The van der Waals surface area contributed by atoms with Gasteiger partial charge in [-0.05, 0) is 36.4 Å². The molecule has 0 saturated carbocycles. The molecule has 3 aromatic carbocycles. The van der Waals surface area contributed by atoms with Crippen LogP contribution in [0.2, 0.25) is 0 Å². The molecule has 0 unspecified atom stereocenters. The van der Waals surface area contributed by atoms with Gasteiger partial charge in [0.05, 0.1) is 24.2 Å². The van der Waals surface area contributed by atoms with Crippen LogP contribution in [0.4, 0.5) is 0 Å². The SMILES string of the molecule is O=S(=O)(c1ccc(Br)cc1)N(CCO)C[C@@H](O)Cn1c2ccccc2c2ccccc21. The molecule has 1 heterocycles. The van der Waals surface area contributed by atoms with Gasteiger partial charge in [0, 0.05) is 39.4 Å². The molecule has 31 heavy (non-hydrogen) atoms. The summed E-state index contributed by atoms with van der Waals surface area (Å²) in [5.41, 5.74) is 1.96. The molecular formula is C23H23BrN2O4S. The predicted octanol–water partition coefficient (Wildman–Crippen LogP) is 3.60. The Morgan fingerprint density at radius 2 is 1.45 bits per heavy atom. The molecule has 0 fully saturated rings. The van der Waals surface area contributed by atoms with Crippen molar-refractivity contribution in [1.29, 1.82) is 0 Å². The minimum Gasteiger partial charge on any atom is -0.395 e. The minimum atomic E-state index is -3.86. The number of para-hydroxylation sites is 2. The second-order valence-electron chi connectivity index (χ2n) is 7.34. The van der Waals surface area contributed by atoms with Crippen molar-refractivity contribution in [3.63, 3.8) is 0 Å². The number of fused-ring (bicyclic) bond motifs is 3. The van der Waals surface area contributed by atoms with E-state index in [0.717, 1.165) is 30.6 Å². The first-order valence-electron chi connectivity index (χ1n) is 9.92. The Bertz CT molecular complexity index is 1250. The lowest BCUT2D eigenvalue weighted by molar-refractivity contribution is 0.123. The van der Waals surface area contributed by atoms with E-state index in [2.05, 4.69) is 15.9 Å². The van der Waals surface area contributed by atoms with Crippen LogP contribution in [-0.4, -0.2) is 53.3 Å². The highest BCUT2D eigenvalue weighted by Crippen LogP contribution is 2.29. The summed E-state index contributed by atoms with van der Waals surface area (Å²) in [4.78, 5) is 0.119. The molecule has 0 aliphatic rings. The van der Waals surface area contributed by atoms with E-state index in [1.54, 1.807) is 12.1 Å². The molecule has 4 rings (SSSR count). The topological polar surface area (TPSA) is 82.8 Å². The largest absolute Gasteiger partial charge is 0.395 e. The normalized spacial score (nSPS) is 13.3. The Hall–Kier alpha value is -2.23. The van der Waals surface area contributed by atoms with Gasteiger partial charge in [-0.25, -0.2) is 8.42 Å². The van der Waals surface area contributed by atoms with Crippen LogP contribution in [0.25, 0.3) is 21.8 Å². The highest BCUT2D eigenvalue weighted by Gasteiger charge is 2.27. The first-order valence-corrected chi connectivity index (χ1v) is 12.2. The molecule has 0 aliphatic carbocycles. The summed E-state index contributed by atoms with van der Waals surface area (Å²) < 4.78 is 30.1. The zero-order valence-corrected chi connectivity index (χ0v) is 19.1. The van der Waals surface area contributed by atoms with Gasteiger partial charge in [0.15, 0.2) is 0 Å². The maximum Gasteiger partial charge on any atom is 0.243 e. The van der Waals surface area contributed by atoms with E-state index in [-0.39, 0.29) is 31.1 Å². The number of hydrogen-bond acceptors (Lipinski definition) is 4. The fraction of sp³-hybridized carbons (Fsp3) is 0.217. The Labute approximate surface area is 189 Å². The monoisotopic (exact) mass is 502 g/mol. The lowest BCUT2D eigenvalue weighted by atomic mass is 10.2. The number of aliphatic hydroxyl groups excluding tert-OH is 2. The number of nitrogens with zero attached hydrogens (tertiary/aromatic N) is 2. The van der Waals surface area contributed by atoms with Gasteiger partial charge < -0.3 is 14.8 Å². The van der Waals surface area contributed by atoms with Crippen LogP contribution in [0.5, 0.6) is 0 Å². The second kappa shape index (κ2) is 9.10. The smallest absolute Gasteiger partial charge is 0.243 e. The van der Waals surface area contributed by atoms with Crippen molar-refractivity contribution in [1.82, 2.24) is 8.87 Å². The molecule has 2 N–H and O–H groups in total. The van der Waals surface area contributed by atoms with Crippen molar-refractivity contribution in [2.75, 3.05) is 19.7 Å². The maximum absolute atomic E-state index is 13.1. The van der Waals surface area contributed by atoms with Crippen molar-refractivity contribution >= 4 is 47.8 Å². The molecule has 1 atom stereocenters. The Morgan fingerprint density at radius 1 is 0.903 bits per heavy atom. The van der Waals surface area contributed by atoms with Gasteiger partial charge >= 0.3 is 0 Å². The number of aliphatic hydroxyl groups is 2. The number of hydrogen-bond donors (Lipinski definition) is 2. The average Bonchev–Trinajstić information content (AvgIpc) is 3.08. The second-order valence-corrected chi connectivity index (χ2v) is 10.2. The van der Waals surface area contributed by atoms with Crippen molar-refractivity contribution in [2.45, 2.75) is 17.5 Å². The van der Waals surface area contributed by atoms with Gasteiger partial charge in [-0.3, -0.25) is 0 Å². The summed E-state index contributed by atoms with van der Waals surface area (Å²) in [5, 5.41) is 22.5. The summed E-state index contributed by atoms with van der Waals surface area (Å²) in [6.45, 7) is -0.327. The van der Waals surface area contributed by atoms with Crippen LogP contribution in [0.3, 0.4) is 0 Å². The zero-order valence-electron chi connectivity index (χ0n) is 16.7. The van der Waals surface area contributed by atoms with Crippen molar-refractivity contribution < 1.29 is 18.6 Å². The van der Waals surface area contributed by atoms with Gasteiger partial charge in [0.2, 0.25) is 10.0 Å². The van der Waals surface area contributed by atoms with Gasteiger partial charge in [-0.1, -0.05) is 52.3 Å². The molecule has 0 spiro atoms. The zero-order chi connectivity index (χ0) is 22.0. The van der Waals surface area contributed by atoms with Crippen LogP contribution >= 0.6 is 15.9 Å². The van der Waals surface area contributed by atoms with Gasteiger partial charge in [0.1, 0.15) is 0 Å². The average molecular weight is 503 g/mol. The number of halogens is 1. The molecule has 0 aliphatic heterocycles. The van der Waals surface area contributed by atoms with Gasteiger partial charge in [-0.2, -0.15) is 4.31 Å². The molecule has 162 valence electrons. The van der Waals surface area contributed by atoms with Gasteiger partial charge in [-0.15, -0.1) is 0 Å². The first-order chi connectivity index (χ1) is 14.9. The summed E-state index contributed by atoms with van der Waals surface area (Å²) in [6, 6.07) is 22.2. The minimum absolute atomic E-state index is 0.0946. The molecule has 0 saturated heterocycles. The number of aromatic nitrogens is 1. The van der Waals surface area contributed by atoms with Gasteiger partial charge in [0.25, 0.3) is 0 Å². The highest BCUT2D eigenvalue weighted by atomic mass is 79.9. The summed E-state index contributed by atoms with van der Waals surface area (Å²) in [5.74, 6) is 0. The molecule has 0 bridgehead atoms. The van der Waals surface area contributed by atoms with Crippen LogP contribution < -0.4 is 0 Å². The van der Waals surface area contributed by atoms with E-state index >= 15 is 0 Å². The molecule has 6 nitrogen and oxygen atoms in total. The standard InChI is InChI=1S/C23H23BrN2O4S/c24-17-9-11-19(12-10-17)31(29,30)25(13-14-27)15-18(28)16-26-22-7-3-1-5-20(22)21-6-2-4-8-23(21)26/h1-12,18,27-28H,13-16H2/t18-/m1/s1. The van der Waals surface area contributed by atoms with E-state index in [0.29, 0.717) is 0 Å². The fourth-order valence-corrected chi connectivity index (χ4v) is 5.61. The summed E-state index contributed by atoms with van der Waals surface area (Å²) >= 11 is 3.30. The lowest BCUT2D eigenvalue weighted by Gasteiger charge is -2.24. The fourth-order valence-electron chi connectivity index (χ4n) is 3.88. The maximum atomic E-state index is 13.1. The third-order valence-corrected chi connectivity index (χ3v) is 7.70. The van der Waals surface area contributed by atoms with E-state index < -0.39 is 16.1 Å². The Kier molecular flexibility index (Phi) is 6.45. The third-order valence-electron chi connectivity index (χ3n) is 5.29. The van der Waals surface area contributed by atoms with Crippen LogP contribution in [-0.2, 0) is 16.6 Å².